The number of thiol groups is 1. The topological polar surface area (TPSA) is 396 Å². The monoisotopic (exact) mass is 1010 g/mol. The van der Waals surface area contributed by atoms with E-state index in [1.807, 2.05) is 0 Å². The molecule has 7 atom stereocenters. The van der Waals surface area contributed by atoms with Gasteiger partial charge in [0.05, 0.1) is 18.4 Å². The Balaban J connectivity index is 1.52. The van der Waals surface area contributed by atoms with Crippen LogP contribution in [0.2, 0.25) is 0 Å². The van der Waals surface area contributed by atoms with Crippen molar-refractivity contribution in [3.05, 3.63) is 64.7 Å². The van der Waals surface area contributed by atoms with Gasteiger partial charge < -0.3 is 53.2 Å². The first-order valence-corrected chi connectivity index (χ1v) is 21.1. The van der Waals surface area contributed by atoms with E-state index < -0.39 is 133 Å². The lowest BCUT2D eigenvalue weighted by molar-refractivity contribution is -0.170. The van der Waals surface area contributed by atoms with Gasteiger partial charge in [-0.15, -0.1) is 6.58 Å². The van der Waals surface area contributed by atoms with Crippen molar-refractivity contribution >= 4 is 94.6 Å². The summed E-state index contributed by atoms with van der Waals surface area (Å²) < 4.78 is 41.0. The molecule has 0 fully saturated rings. The molecule has 2 heterocycles. The molecule has 7 unspecified atom stereocenters. The molecular weight excluding hydrogens is 960 g/mol. The quantitative estimate of drug-likeness (QED) is 0.0346. The summed E-state index contributed by atoms with van der Waals surface area (Å²) in [5.41, 5.74) is 3.14. The van der Waals surface area contributed by atoms with E-state index in [9.17, 15) is 71.0 Å². The summed E-state index contributed by atoms with van der Waals surface area (Å²) in [5.74, 6) is -12.1. The van der Waals surface area contributed by atoms with Crippen LogP contribution in [0, 0.1) is 0 Å². The van der Waals surface area contributed by atoms with E-state index in [2.05, 4.69) is 76.4 Å². The molecule has 8 amide bonds. The molecule has 378 valence electrons. The number of aliphatic carboxylic acids is 2. The third-order valence-corrected chi connectivity index (χ3v) is 10.0. The summed E-state index contributed by atoms with van der Waals surface area (Å²) in [6.45, 7) is 7.58. The highest BCUT2D eigenvalue weighted by molar-refractivity contribution is 7.80. The molecule has 0 saturated carbocycles. The molecule has 0 radical (unpaired) electrons. The number of halogens is 3. The number of aromatic amines is 1. The molecule has 0 aliphatic rings. The summed E-state index contributed by atoms with van der Waals surface area (Å²) in [6.07, 6.45) is -4.45. The fourth-order valence-corrected chi connectivity index (χ4v) is 6.00. The van der Waals surface area contributed by atoms with Crippen LogP contribution in [-0.4, -0.2) is 144 Å². The first-order valence-electron chi connectivity index (χ1n) is 20.5. The number of nitrogens with one attached hydrogen (secondary N) is 8. The third kappa shape index (κ3) is 16.0. The second kappa shape index (κ2) is 24.7. The first kappa shape index (κ1) is 56.1. The third-order valence-electron chi connectivity index (χ3n) is 9.64. The number of carbonyl (C=O) groups excluding carboxylic acids is 8. The van der Waals surface area contributed by atoms with Gasteiger partial charge >= 0.3 is 24.0 Å². The summed E-state index contributed by atoms with van der Waals surface area (Å²) in [5, 5.41) is 34.8. The van der Waals surface area contributed by atoms with E-state index in [1.54, 1.807) is 0 Å². The van der Waals surface area contributed by atoms with Gasteiger partial charge in [-0.25, -0.2) is 19.6 Å². The van der Waals surface area contributed by atoms with Crippen molar-refractivity contribution in [1.29, 1.82) is 0 Å². The molecule has 0 saturated heterocycles. The number of hydrogen-bond donors (Lipinski definition) is 12. The minimum absolute atomic E-state index is 0.212. The van der Waals surface area contributed by atoms with Crippen LogP contribution in [0.25, 0.3) is 11.2 Å². The van der Waals surface area contributed by atoms with Gasteiger partial charge in [-0.1, -0.05) is 6.08 Å². The predicted molar refractivity (Wildman–Crippen MR) is 240 cm³/mol. The smallest absolute Gasteiger partial charge is 0.471 e. The Morgan fingerprint density at radius 3 is 1.77 bits per heavy atom. The molecular formula is C40H48F3N13O13S. The number of nitrogens with zero attached hydrogens (tertiary/aromatic N) is 4. The van der Waals surface area contributed by atoms with Gasteiger partial charge in [0.2, 0.25) is 41.4 Å². The molecule has 0 bridgehead atoms. The number of nitrogens with two attached hydrogens (primary N) is 1. The summed E-state index contributed by atoms with van der Waals surface area (Å²) in [7, 11) is 0. The normalized spacial score (nSPS) is 14.1. The van der Waals surface area contributed by atoms with Crippen molar-refractivity contribution in [2.45, 2.75) is 95.6 Å². The Morgan fingerprint density at radius 2 is 1.29 bits per heavy atom. The molecule has 0 aliphatic carbocycles. The number of alkyl halides is 3. The Kier molecular flexibility index (Phi) is 19.8. The van der Waals surface area contributed by atoms with E-state index in [0.29, 0.717) is 0 Å². The van der Waals surface area contributed by atoms with E-state index >= 15 is 0 Å². The Hall–Kier alpha value is -8.18. The Morgan fingerprint density at radius 1 is 0.771 bits per heavy atom. The van der Waals surface area contributed by atoms with Gasteiger partial charge in [0.15, 0.2) is 11.2 Å². The van der Waals surface area contributed by atoms with Gasteiger partial charge in [0.1, 0.15) is 42.3 Å². The van der Waals surface area contributed by atoms with Gasteiger partial charge in [-0.05, 0) is 58.4 Å². The number of amides is 8. The SMILES string of the molecule is C=CC(NC(=O)C(C)NC(=O)C(C)NC(=O)C(C)NC(=O)C(C)NC(=O)CCC(NC(=O)c1ccc(N(Cc2cnc3nc(N)[nH]c(=O)c3n2)C(=O)C(F)(F)F)cc1)C(=O)O)C(=O)NC(CS)C(=O)O. The lowest BCUT2D eigenvalue weighted by Crippen LogP contribution is -2.57. The van der Waals surface area contributed by atoms with Crippen molar-refractivity contribution in [3.8, 4) is 0 Å². The molecule has 3 aromatic rings. The molecule has 0 aliphatic heterocycles. The zero-order valence-corrected chi connectivity index (χ0v) is 38.3. The summed E-state index contributed by atoms with van der Waals surface area (Å²) >= 11 is 3.84. The number of carboxylic acid groups (broad SMARTS) is 2. The van der Waals surface area contributed by atoms with E-state index in [1.165, 1.54) is 27.7 Å². The largest absolute Gasteiger partial charge is 0.480 e. The van der Waals surface area contributed by atoms with Gasteiger partial charge in [0.25, 0.3) is 11.5 Å². The van der Waals surface area contributed by atoms with Gasteiger partial charge in [-0.3, -0.25) is 53.0 Å². The van der Waals surface area contributed by atoms with Crippen LogP contribution in [0.1, 0.15) is 56.6 Å². The average Bonchev–Trinajstić information content (AvgIpc) is 3.29. The number of benzene rings is 1. The van der Waals surface area contributed by atoms with Crippen molar-refractivity contribution in [3.63, 3.8) is 0 Å². The summed E-state index contributed by atoms with van der Waals surface area (Å²) in [6, 6.07) is -5.66. The maximum Gasteiger partial charge on any atom is 0.471 e. The van der Waals surface area contributed by atoms with Crippen LogP contribution < -0.4 is 53.4 Å². The second-order valence-corrected chi connectivity index (χ2v) is 15.5. The number of hydrogen-bond acceptors (Lipinski definition) is 16. The van der Waals surface area contributed by atoms with Crippen molar-refractivity contribution in [1.82, 2.24) is 57.2 Å². The summed E-state index contributed by atoms with van der Waals surface area (Å²) in [4.78, 5) is 151. The number of rotatable bonds is 23. The molecule has 1 aromatic carbocycles. The number of nitrogen functional groups attached to an aromatic ring is 1. The lowest BCUT2D eigenvalue weighted by atomic mass is 10.1. The Labute approximate surface area is 399 Å². The van der Waals surface area contributed by atoms with E-state index in [0.717, 1.165) is 36.5 Å². The number of carboxylic acids is 2. The van der Waals surface area contributed by atoms with Gasteiger partial charge in [0, 0.05) is 23.4 Å². The number of fused-ring (bicyclic) bond motifs is 1. The second-order valence-electron chi connectivity index (χ2n) is 15.1. The molecule has 26 nitrogen and oxygen atoms in total. The van der Waals surface area contributed by atoms with Crippen molar-refractivity contribution in [2.24, 2.45) is 0 Å². The number of anilines is 2. The van der Waals surface area contributed by atoms with Crippen LogP contribution in [0.5, 0.6) is 0 Å². The van der Waals surface area contributed by atoms with E-state index in [-0.39, 0.29) is 44.7 Å². The van der Waals surface area contributed by atoms with Crippen LogP contribution in [0.4, 0.5) is 24.8 Å². The first-order chi connectivity index (χ1) is 32.7. The van der Waals surface area contributed by atoms with Crippen LogP contribution in [-0.2, 0) is 49.7 Å². The fraction of sp³-hybridized carbons (Fsp3) is 0.400. The van der Waals surface area contributed by atoms with Crippen LogP contribution >= 0.6 is 12.6 Å². The molecule has 30 heteroatoms. The van der Waals surface area contributed by atoms with E-state index in [4.69, 9.17) is 10.8 Å². The molecule has 3 rings (SSSR count). The fourth-order valence-electron chi connectivity index (χ4n) is 5.76. The van der Waals surface area contributed by atoms with Crippen LogP contribution in [0.3, 0.4) is 0 Å². The standard InChI is InChI=1S/C40H48F3N13O13S/c1-6-23(34(63)53-25(15-70)37(67)68)51-32(61)19(5)49-31(60)18(4)48-30(59)17(3)47-29(58)16(2)46-26(57)12-11-24(36(65)66)52-33(62)20-7-9-22(10-8-20)56(38(69)40(41,42)43)14-21-13-45-28-27(50-21)35(64)55-39(44)54-28/h6-10,13,16-19,23-25,70H,1,11-12,14-15H2,2-5H3,(H,46,57)(H,47,58)(H,48,59)(H,49,60)(H,51,61)(H,52,62)(H,53,63)(H,65,66)(H,67,68)(H3,44,45,54,55,64). The predicted octanol–water partition coefficient (Wildman–Crippen LogP) is -2.46. The zero-order valence-electron chi connectivity index (χ0n) is 37.4. The maximum atomic E-state index is 13.7. The maximum absolute atomic E-state index is 13.7. The number of carbonyl (C=O) groups is 10. The zero-order chi connectivity index (χ0) is 52.8. The molecule has 2 aromatic heterocycles. The molecule has 0 spiro atoms. The minimum atomic E-state index is -5.38. The number of H-pyrrole nitrogens is 1. The van der Waals surface area contributed by atoms with Crippen molar-refractivity contribution < 1.29 is 71.3 Å². The Bertz CT molecular complexity index is 2580. The van der Waals surface area contributed by atoms with Crippen molar-refractivity contribution in [2.75, 3.05) is 16.4 Å². The highest BCUT2D eigenvalue weighted by Gasteiger charge is 2.43. The minimum Gasteiger partial charge on any atom is -0.480 e. The molecule has 70 heavy (non-hydrogen) atoms. The average molecular weight is 1010 g/mol. The highest BCUT2D eigenvalue weighted by Crippen LogP contribution is 2.26. The van der Waals surface area contributed by atoms with Crippen LogP contribution in [0.15, 0.2) is 47.9 Å². The lowest BCUT2D eigenvalue weighted by Gasteiger charge is -2.24. The highest BCUT2D eigenvalue weighted by atomic mass is 32.1. The molecule has 12 N–H and O–H groups in total. The van der Waals surface area contributed by atoms with Gasteiger partial charge in [-0.2, -0.15) is 30.8 Å². The number of aromatic nitrogens is 4.